The van der Waals surface area contributed by atoms with Crippen molar-refractivity contribution in [2.45, 2.75) is 26.8 Å². The molecule has 0 aliphatic heterocycles. The van der Waals surface area contributed by atoms with Crippen LogP contribution in [-0.2, 0) is 13.0 Å². The predicted octanol–water partition coefficient (Wildman–Crippen LogP) is 3.94. The van der Waals surface area contributed by atoms with E-state index in [9.17, 15) is 0 Å². The molecule has 144 valence electrons. The summed E-state index contributed by atoms with van der Waals surface area (Å²) in [6.45, 7) is 5.40. The minimum Gasteiger partial charge on any atom is -0.444 e. The van der Waals surface area contributed by atoms with Crippen LogP contribution >= 0.6 is 35.3 Å². The summed E-state index contributed by atoms with van der Waals surface area (Å²) >= 11 is 1.67. The van der Waals surface area contributed by atoms with Gasteiger partial charge in [0.1, 0.15) is 6.26 Å². The van der Waals surface area contributed by atoms with Gasteiger partial charge >= 0.3 is 0 Å². The van der Waals surface area contributed by atoms with Crippen molar-refractivity contribution >= 4 is 41.3 Å². The van der Waals surface area contributed by atoms with Crippen molar-refractivity contribution in [2.24, 2.45) is 4.99 Å². The first-order valence-electron chi connectivity index (χ1n) is 8.51. The Kier molecular flexibility index (Phi) is 8.23. The Morgan fingerprint density at radius 2 is 1.89 bits per heavy atom. The number of rotatable bonds is 6. The summed E-state index contributed by atoms with van der Waals surface area (Å²) in [7, 11) is 1.75. The quantitative estimate of drug-likeness (QED) is 0.307. The van der Waals surface area contributed by atoms with E-state index in [0.717, 1.165) is 40.9 Å². The van der Waals surface area contributed by atoms with Crippen LogP contribution in [-0.4, -0.2) is 29.5 Å². The fourth-order valence-corrected chi connectivity index (χ4v) is 3.09. The van der Waals surface area contributed by atoms with Crippen molar-refractivity contribution in [3.05, 3.63) is 57.9 Å². The molecule has 0 fully saturated rings. The number of aliphatic imine (C=N–C) groups is 1. The lowest BCUT2D eigenvalue weighted by Crippen LogP contribution is -2.37. The molecule has 0 amide bonds. The fraction of sp³-hybridized carbons (Fsp3) is 0.316. The van der Waals surface area contributed by atoms with E-state index in [1.807, 2.05) is 31.2 Å². The molecule has 0 aliphatic rings. The number of aromatic nitrogens is 2. The molecule has 0 atom stereocenters. The molecule has 0 unspecified atom stereocenters. The lowest BCUT2D eigenvalue weighted by Gasteiger charge is -2.10. The van der Waals surface area contributed by atoms with Crippen LogP contribution in [0.4, 0.5) is 0 Å². The number of nitrogens with zero attached hydrogens (tertiary/aromatic N) is 3. The molecule has 3 rings (SSSR count). The number of thiazole rings is 1. The van der Waals surface area contributed by atoms with E-state index < -0.39 is 0 Å². The zero-order valence-corrected chi connectivity index (χ0v) is 18.8. The van der Waals surface area contributed by atoms with Gasteiger partial charge in [0, 0.05) is 31.0 Å². The van der Waals surface area contributed by atoms with E-state index in [4.69, 9.17) is 4.42 Å². The van der Waals surface area contributed by atoms with Crippen LogP contribution in [0.25, 0.3) is 11.5 Å². The van der Waals surface area contributed by atoms with Crippen LogP contribution in [0.2, 0.25) is 0 Å². The maximum Gasteiger partial charge on any atom is 0.226 e. The van der Waals surface area contributed by atoms with Gasteiger partial charge in [-0.3, -0.25) is 4.99 Å². The highest BCUT2D eigenvalue weighted by Gasteiger charge is 2.07. The summed E-state index contributed by atoms with van der Waals surface area (Å²) in [6.07, 6.45) is 2.54. The van der Waals surface area contributed by atoms with Crippen molar-refractivity contribution in [1.29, 1.82) is 0 Å². The largest absolute Gasteiger partial charge is 0.444 e. The summed E-state index contributed by atoms with van der Waals surface area (Å²) in [5.41, 5.74) is 4.13. The molecule has 6 nitrogen and oxygen atoms in total. The van der Waals surface area contributed by atoms with Gasteiger partial charge in [-0.2, -0.15) is 0 Å². The number of nitrogens with one attached hydrogen (secondary N) is 2. The van der Waals surface area contributed by atoms with Gasteiger partial charge in [-0.25, -0.2) is 9.97 Å². The van der Waals surface area contributed by atoms with Crippen LogP contribution in [0, 0.1) is 13.8 Å². The Balaban J connectivity index is 0.00000261. The van der Waals surface area contributed by atoms with Gasteiger partial charge in [-0.1, -0.05) is 17.7 Å². The van der Waals surface area contributed by atoms with Crippen LogP contribution in [0.15, 0.2) is 45.3 Å². The Labute approximate surface area is 180 Å². The van der Waals surface area contributed by atoms with E-state index in [1.54, 1.807) is 24.6 Å². The standard InChI is InChI=1S/C19H23N5OS.HI/c1-13-4-6-15(7-5-13)18-24-17(11-25-18)10-22-19(20-3)21-9-8-16-12-26-14(2)23-16;/h4-7,11-12H,8-10H2,1-3H3,(H2,20,21,22);1H. The predicted molar refractivity (Wildman–Crippen MR) is 121 cm³/mol. The molecule has 2 heterocycles. The minimum atomic E-state index is 0. The van der Waals surface area contributed by atoms with Gasteiger partial charge in [0.2, 0.25) is 5.89 Å². The molecular weight excluding hydrogens is 473 g/mol. The number of hydrogen-bond donors (Lipinski definition) is 2. The fourth-order valence-electron chi connectivity index (χ4n) is 2.44. The van der Waals surface area contributed by atoms with E-state index in [0.29, 0.717) is 12.4 Å². The number of guanidine groups is 1. The first-order chi connectivity index (χ1) is 12.6. The van der Waals surface area contributed by atoms with Gasteiger partial charge in [-0.05, 0) is 26.0 Å². The highest BCUT2D eigenvalue weighted by molar-refractivity contribution is 14.0. The second kappa shape index (κ2) is 10.4. The maximum atomic E-state index is 5.58. The second-order valence-corrected chi connectivity index (χ2v) is 7.03. The van der Waals surface area contributed by atoms with Gasteiger partial charge in [-0.15, -0.1) is 35.3 Å². The second-order valence-electron chi connectivity index (χ2n) is 5.97. The van der Waals surface area contributed by atoms with E-state index in [1.165, 1.54) is 5.56 Å². The number of halogens is 1. The first kappa shape index (κ1) is 21.4. The Morgan fingerprint density at radius 1 is 1.11 bits per heavy atom. The molecule has 0 bridgehead atoms. The Bertz CT molecular complexity index is 872. The summed E-state index contributed by atoms with van der Waals surface area (Å²) in [5, 5.41) is 9.72. The van der Waals surface area contributed by atoms with Gasteiger partial charge < -0.3 is 15.1 Å². The average Bonchev–Trinajstić information content (AvgIpc) is 3.28. The molecule has 0 saturated carbocycles. The molecule has 8 heteroatoms. The van der Waals surface area contributed by atoms with E-state index in [-0.39, 0.29) is 24.0 Å². The molecule has 1 aromatic carbocycles. The van der Waals surface area contributed by atoms with Crippen molar-refractivity contribution in [3.63, 3.8) is 0 Å². The maximum absolute atomic E-state index is 5.58. The van der Waals surface area contributed by atoms with Gasteiger partial charge in [0.05, 0.1) is 22.9 Å². The highest BCUT2D eigenvalue weighted by Crippen LogP contribution is 2.18. The van der Waals surface area contributed by atoms with Crippen molar-refractivity contribution in [1.82, 2.24) is 20.6 Å². The third-order valence-electron chi connectivity index (χ3n) is 3.85. The number of oxazole rings is 1. The lowest BCUT2D eigenvalue weighted by atomic mass is 10.1. The smallest absolute Gasteiger partial charge is 0.226 e. The van der Waals surface area contributed by atoms with Crippen molar-refractivity contribution in [2.75, 3.05) is 13.6 Å². The number of aryl methyl sites for hydroxylation is 2. The van der Waals surface area contributed by atoms with E-state index >= 15 is 0 Å². The molecular formula is C19H24IN5OS. The Hall–Kier alpha value is -1.94. The third kappa shape index (κ3) is 6.31. The molecule has 2 aromatic heterocycles. The summed E-state index contributed by atoms with van der Waals surface area (Å²) < 4.78 is 5.58. The molecule has 2 N–H and O–H groups in total. The van der Waals surface area contributed by atoms with E-state index in [2.05, 4.69) is 37.9 Å². The molecule has 0 radical (unpaired) electrons. The summed E-state index contributed by atoms with van der Waals surface area (Å²) in [6, 6.07) is 8.12. The Morgan fingerprint density at radius 3 is 2.56 bits per heavy atom. The summed E-state index contributed by atoms with van der Waals surface area (Å²) in [4.78, 5) is 13.2. The molecule has 3 aromatic rings. The monoisotopic (exact) mass is 497 g/mol. The zero-order chi connectivity index (χ0) is 18.4. The first-order valence-corrected chi connectivity index (χ1v) is 9.39. The SMILES string of the molecule is CN=C(NCCc1csc(C)n1)NCc1coc(-c2ccc(C)cc2)n1.I. The molecule has 0 aliphatic carbocycles. The molecule has 0 spiro atoms. The van der Waals surface area contributed by atoms with Gasteiger partial charge in [0.25, 0.3) is 0 Å². The lowest BCUT2D eigenvalue weighted by molar-refractivity contribution is 0.572. The molecule has 27 heavy (non-hydrogen) atoms. The summed E-state index contributed by atoms with van der Waals surface area (Å²) in [5.74, 6) is 1.36. The average molecular weight is 497 g/mol. The van der Waals surface area contributed by atoms with Crippen LogP contribution in [0.1, 0.15) is 22.0 Å². The zero-order valence-electron chi connectivity index (χ0n) is 15.7. The minimum absolute atomic E-state index is 0. The highest BCUT2D eigenvalue weighted by atomic mass is 127. The molecule has 0 saturated heterocycles. The van der Waals surface area contributed by atoms with Gasteiger partial charge in [0.15, 0.2) is 5.96 Å². The van der Waals surface area contributed by atoms with Crippen LogP contribution in [0.3, 0.4) is 0 Å². The van der Waals surface area contributed by atoms with Crippen molar-refractivity contribution in [3.8, 4) is 11.5 Å². The topological polar surface area (TPSA) is 75.3 Å². The third-order valence-corrected chi connectivity index (χ3v) is 4.67. The van der Waals surface area contributed by atoms with Crippen LogP contribution in [0.5, 0.6) is 0 Å². The number of hydrogen-bond acceptors (Lipinski definition) is 5. The normalized spacial score (nSPS) is 11.1. The van der Waals surface area contributed by atoms with Crippen LogP contribution < -0.4 is 10.6 Å². The van der Waals surface area contributed by atoms with Crippen molar-refractivity contribution < 1.29 is 4.42 Å². The number of benzene rings is 1.